The maximum Gasteiger partial charge on any atom is 0.297 e. The van der Waals surface area contributed by atoms with Gasteiger partial charge in [-0.2, -0.15) is 0 Å². The van der Waals surface area contributed by atoms with E-state index in [2.05, 4.69) is 343 Å². The van der Waals surface area contributed by atoms with Crippen molar-refractivity contribution in [1.29, 1.82) is 0 Å². The van der Waals surface area contributed by atoms with Gasteiger partial charge in [-0.15, -0.1) is 0 Å². The van der Waals surface area contributed by atoms with Gasteiger partial charge in [0.15, 0.2) is 0 Å². The van der Waals surface area contributed by atoms with Crippen LogP contribution in [0.3, 0.4) is 0 Å². The second kappa shape index (κ2) is 21.0. The molecule has 0 aliphatic carbocycles. The summed E-state index contributed by atoms with van der Waals surface area (Å²) in [5, 5.41) is 1.11. The van der Waals surface area contributed by atoms with Crippen LogP contribution < -0.4 is 31.3 Å². The largest absolute Gasteiger partial charge is 0.468 e. The van der Waals surface area contributed by atoms with Crippen molar-refractivity contribution in [3.8, 4) is 33.4 Å². The van der Waals surface area contributed by atoms with Crippen molar-refractivity contribution in [2.75, 3.05) is 14.7 Å². The van der Waals surface area contributed by atoms with E-state index in [0.717, 1.165) is 84.5 Å². The molecule has 10 aromatic carbocycles. The van der Waals surface area contributed by atoms with Gasteiger partial charge in [0.05, 0.1) is 17.0 Å². The van der Waals surface area contributed by atoms with Gasteiger partial charge in [-0.05, 0) is 172 Å². The molecule has 0 fully saturated rings. The molecule has 0 N–H and O–H groups in total. The second-order valence-electron chi connectivity index (χ2n) is 29.5. The Labute approximate surface area is 518 Å². The van der Waals surface area contributed by atoms with E-state index in [-0.39, 0.29) is 33.8 Å². The number of furan rings is 1. The SMILES string of the molecule is CC(C)(C)c1ccc(N(c2ccc3c(c2)N(c2ccc(C(C)(C)C)cc2)c2cc(-c4ccccc4-c4ccccc4)cc4c2B3c2oc3ccc(C(C)(C)C)cc3c2N4c2cc(C(C)(C)C)cc(C(C)(C)C)c2)c2ccccc2-c2ccccc2)cc1. The van der Waals surface area contributed by atoms with Crippen LogP contribution in [-0.2, 0) is 27.1 Å². The van der Waals surface area contributed by atoms with E-state index in [1.165, 1.54) is 55.4 Å². The third-order valence-corrected chi connectivity index (χ3v) is 18.2. The first-order valence-corrected chi connectivity index (χ1v) is 31.3. The highest BCUT2D eigenvalue weighted by atomic mass is 16.3. The molecule has 0 atom stereocenters. The smallest absolute Gasteiger partial charge is 0.297 e. The molecule has 0 radical (unpaired) electrons. The summed E-state index contributed by atoms with van der Waals surface area (Å²) in [5.74, 6) is 0. The first kappa shape index (κ1) is 57.3. The van der Waals surface area contributed by atoms with Crippen molar-refractivity contribution in [1.82, 2.24) is 0 Å². The lowest BCUT2D eigenvalue weighted by atomic mass is 9.35. The number of hydrogen-bond acceptors (Lipinski definition) is 4. The summed E-state index contributed by atoms with van der Waals surface area (Å²) in [6.45, 7) is 34.5. The molecular formula is C82H82BN3O. The highest BCUT2D eigenvalue weighted by Crippen LogP contribution is 2.52. The van der Waals surface area contributed by atoms with Crippen LogP contribution in [0.15, 0.2) is 229 Å². The van der Waals surface area contributed by atoms with Crippen LogP contribution in [0.5, 0.6) is 0 Å². The number of anilines is 9. The van der Waals surface area contributed by atoms with Gasteiger partial charge in [0, 0.05) is 50.8 Å². The number of nitrogens with zero attached hydrogens (tertiary/aromatic N) is 3. The average molecular weight is 1140 g/mol. The van der Waals surface area contributed by atoms with Crippen molar-refractivity contribution in [3.63, 3.8) is 0 Å². The molecule has 2 aliphatic heterocycles. The molecule has 0 saturated carbocycles. The molecule has 2 aliphatic rings. The lowest BCUT2D eigenvalue weighted by Crippen LogP contribution is -2.61. The van der Waals surface area contributed by atoms with Crippen molar-refractivity contribution in [2.24, 2.45) is 0 Å². The fraction of sp³-hybridized carbons (Fsp3) is 0.244. The number of benzene rings is 10. The first-order valence-electron chi connectivity index (χ1n) is 31.3. The van der Waals surface area contributed by atoms with Crippen LogP contribution in [0.1, 0.15) is 132 Å². The molecular weight excluding hydrogens is 1050 g/mol. The van der Waals surface area contributed by atoms with Gasteiger partial charge >= 0.3 is 0 Å². The van der Waals surface area contributed by atoms with Crippen molar-refractivity contribution < 1.29 is 4.42 Å². The summed E-state index contributed by atoms with van der Waals surface area (Å²) in [6, 6.07) is 84.8. The third-order valence-electron chi connectivity index (χ3n) is 18.2. The molecule has 3 heterocycles. The first-order chi connectivity index (χ1) is 41.3. The maximum absolute atomic E-state index is 7.65. The Balaban J connectivity index is 1.17. The molecule has 5 heteroatoms. The maximum atomic E-state index is 7.65. The molecule has 0 amide bonds. The van der Waals surface area contributed by atoms with E-state index in [9.17, 15) is 0 Å². The van der Waals surface area contributed by atoms with Crippen molar-refractivity contribution in [3.05, 3.63) is 252 Å². The minimum absolute atomic E-state index is 0.0173. The number of fused-ring (bicyclic) bond motifs is 6. The Hall–Kier alpha value is -8.80. The molecule has 87 heavy (non-hydrogen) atoms. The summed E-state index contributed by atoms with van der Waals surface area (Å²) in [7, 11) is 0. The lowest BCUT2D eigenvalue weighted by molar-refractivity contribution is 0.568. The summed E-state index contributed by atoms with van der Waals surface area (Å²) < 4.78 is 7.65. The molecule has 4 nitrogen and oxygen atoms in total. The highest BCUT2D eigenvalue weighted by molar-refractivity contribution is 7.00. The zero-order chi connectivity index (χ0) is 61.1. The quantitative estimate of drug-likeness (QED) is 0.141. The van der Waals surface area contributed by atoms with Crippen LogP contribution in [0, 0.1) is 0 Å². The molecule has 0 unspecified atom stereocenters. The van der Waals surface area contributed by atoms with Gasteiger partial charge in [0.1, 0.15) is 5.58 Å². The zero-order valence-electron chi connectivity index (χ0n) is 53.7. The number of para-hydroxylation sites is 1. The zero-order valence-corrected chi connectivity index (χ0v) is 53.7. The molecule has 0 spiro atoms. The van der Waals surface area contributed by atoms with Crippen LogP contribution >= 0.6 is 0 Å². The van der Waals surface area contributed by atoms with E-state index in [1.54, 1.807) is 0 Å². The summed E-state index contributed by atoms with van der Waals surface area (Å²) in [5.41, 5.74) is 27.0. The summed E-state index contributed by atoms with van der Waals surface area (Å²) >= 11 is 0. The molecule has 1 aromatic heterocycles. The molecule has 11 aromatic rings. The van der Waals surface area contributed by atoms with Crippen molar-refractivity contribution in [2.45, 2.75) is 131 Å². The summed E-state index contributed by atoms with van der Waals surface area (Å²) in [6.07, 6.45) is 0. The van der Waals surface area contributed by atoms with Gasteiger partial charge < -0.3 is 19.1 Å². The molecule has 0 bridgehead atoms. The minimum atomic E-state index is -0.289. The van der Waals surface area contributed by atoms with Gasteiger partial charge in [0.2, 0.25) is 0 Å². The van der Waals surface area contributed by atoms with Gasteiger partial charge in [-0.1, -0.05) is 249 Å². The Morgan fingerprint density at radius 1 is 0.345 bits per heavy atom. The molecule has 434 valence electrons. The normalized spacial score (nSPS) is 13.4. The fourth-order valence-corrected chi connectivity index (χ4v) is 13.2. The predicted molar refractivity (Wildman–Crippen MR) is 375 cm³/mol. The van der Waals surface area contributed by atoms with E-state index >= 15 is 0 Å². The molecule has 0 saturated heterocycles. The summed E-state index contributed by atoms with van der Waals surface area (Å²) in [4.78, 5) is 7.66. The fourth-order valence-electron chi connectivity index (χ4n) is 13.2. The Bertz CT molecular complexity index is 4370. The van der Waals surface area contributed by atoms with Crippen LogP contribution in [0.25, 0.3) is 44.3 Å². The average Bonchev–Trinajstić information content (AvgIpc) is 1.70. The number of hydrogen-bond donors (Lipinski definition) is 0. The van der Waals surface area contributed by atoms with E-state index in [4.69, 9.17) is 4.42 Å². The van der Waals surface area contributed by atoms with Gasteiger partial charge in [-0.3, -0.25) is 0 Å². The second-order valence-corrected chi connectivity index (χ2v) is 29.5. The lowest BCUT2D eigenvalue weighted by Gasteiger charge is -2.43. The van der Waals surface area contributed by atoms with Crippen LogP contribution in [0.2, 0.25) is 0 Å². The topological polar surface area (TPSA) is 22.9 Å². The predicted octanol–water partition coefficient (Wildman–Crippen LogP) is 21.5. The standard InChI is InChI=1S/C82H82BN3O/c1-78(2,3)56-34-39-61(40-35-56)84(70-33-25-24-32-67(70)54-28-20-17-21-29-54)63-43-44-69-71(52-63)85(62-41-36-57(37-42-62)79(4,5)6)72-46-55(66-31-23-22-30-65(66)53-26-18-16-19-27-53)47-73-75(72)83(69)77-76(68-51-58(80(7,8)9)38-45-74(68)87-77)86(73)64-49-59(81(10,11)12)48-60(50-64)82(13,14)15/h16-52H,1-15H3. The van der Waals surface area contributed by atoms with E-state index in [0.29, 0.717) is 0 Å². The Morgan fingerprint density at radius 3 is 1.38 bits per heavy atom. The van der Waals surface area contributed by atoms with E-state index in [1.807, 2.05) is 0 Å². The number of rotatable bonds is 8. The Kier molecular flexibility index (Phi) is 13.8. The Morgan fingerprint density at radius 2 is 0.816 bits per heavy atom. The van der Waals surface area contributed by atoms with Crippen LogP contribution in [-0.4, -0.2) is 6.71 Å². The minimum Gasteiger partial charge on any atom is -0.468 e. The van der Waals surface area contributed by atoms with Crippen molar-refractivity contribution >= 4 is 85.5 Å². The third kappa shape index (κ3) is 10.4. The van der Waals surface area contributed by atoms with Crippen LogP contribution in [0.4, 0.5) is 51.2 Å². The van der Waals surface area contributed by atoms with E-state index < -0.39 is 0 Å². The molecule has 13 rings (SSSR count). The highest BCUT2D eigenvalue weighted by Gasteiger charge is 2.48. The van der Waals surface area contributed by atoms with Gasteiger partial charge in [-0.25, -0.2) is 0 Å². The monoisotopic (exact) mass is 1140 g/mol. The van der Waals surface area contributed by atoms with Gasteiger partial charge in [0.25, 0.3) is 6.71 Å².